The van der Waals surface area contributed by atoms with Crippen LogP contribution in [0.2, 0.25) is 0 Å². The van der Waals surface area contributed by atoms with Gasteiger partial charge in [0, 0.05) is 30.5 Å². The van der Waals surface area contributed by atoms with Crippen LogP contribution in [-0.4, -0.2) is 22.0 Å². The molecule has 1 unspecified atom stereocenters. The lowest BCUT2D eigenvalue weighted by molar-refractivity contribution is 0.662. The number of nitrogens with one attached hydrogen (secondary N) is 2. The average molecular weight is 512 g/mol. The highest BCUT2D eigenvalue weighted by Gasteiger charge is 2.25. The molecule has 6 heteroatoms. The van der Waals surface area contributed by atoms with E-state index in [0.717, 1.165) is 47.5 Å². The molecule has 2 aromatic carbocycles. The minimum atomic E-state index is 0.490. The summed E-state index contributed by atoms with van der Waals surface area (Å²) in [5.74, 6) is 0.490. The summed E-state index contributed by atoms with van der Waals surface area (Å²) in [4.78, 5) is 12.6. The first-order chi connectivity index (χ1) is 18.1. The molecule has 0 bridgehead atoms. The summed E-state index contributed by atoms with van der Waals surface area (Å²) in [5, 5.41) is 3.11. The molecule has 0 amide bonds. The minimum absolute atomic E-state index is 0.490. The highest BCUT2D eigenvalue weighted by atomic mass is 32.1. The molecule has 0 spiro atoms. The van der Waals surface area contributed by atoms with Gasteiger partial charge in [0.15, 0.2) is 0 Å². The second kappa shape index (κ2) is 12.4. The summed E-state index contributed by atoms with van der Waals surface area (Å²) in [7, 11) is 1.89. The van der Waals surface area contributed by atoms with E-state index in [2.05, 4.69) is 70.7 Å². The van der Waals surface area contributed by atoms with Gasteiger partial charge in [0.25, 0.3) is 0 Å². The van der Waals surface area contributed by atoms with Crippen LogP contribution in [0.25, 0.3) is 22.4 Å². The van der Waals surface area contributed by atoms with Gasteiger partial charge in [-0.3, -0.25) is 9.97 Å². The standard InChI is InChI=1S/C29H31N5S.C2H6/c1-18-11-23(32-15-22(18)14-30)13-20-9-10-26-24(7-4-8-25(20)26)19-5-3-6-21(12-19)27-17-33-28(16-31-2)29(35)34-27;1-2/h3-8,11-12,15,17,20,31H,9-10,13-14,16,30H2,1-2H3,(H,34,35);1-2H3. The number of pyridine rings is 1. The van der Waals surface area contributed by atoms with Crippen LogP contribution in [0.4, 0.5) is 0 Å². The lowest BCUT2D eigenvalue weighted by atomic mass is 9.91. The van der Waals surface area contributed by atoms with Crippen molar-refractivity contribution in [3.05, 3.63) is 99.2 Å². The average Bonchev–Trinajstić information content (AvgIpc) is 3.34. The molecule has 0 fully saturated rings. The predicted molar refractivity (Wildman–Crippen MR) is 156 cm³/mol. The van der Waals surface area contributed by atoms with Crippen molar-refractivity contribution in [2.24, 2.45) is 5.73 Å². The number of nitrogens with zero attached hydrogens (tertiary/aromatic N) is 2. The zero-order valence-electron chi connectivity index (χ0n) is 22.3. The molecule has 5 rings (SSSR count). The van der Waals surface area contributed by atoms with E-state index in [0.29, 0.717) is 23.6 Å². The third-order valence-electron chi connectivity index (χ3n) is 7.03. The topological polar surface area (TPSA) is 79.6 Å². The Kier molecular flexibility index (Phi) is 8.98. The largest absolute Gasteiger partial charge is 0.343 e. The van der Waals surface area contributed by atoms with Gasteiger partial charge in [-0.15, -0.1) is 0 Å². The van der Waals surface area contributed by atoms with Gasteiger partial charge >= 0.3 is 0 Å². The number of H-pyrrole nitrogens is 1. The van der Waals surface area contributed by atoms with E-state index in [9.17, 15) is 0 Å². The van der Waals surface area contributed by atoms with Crippen LogP contribution in [0, 0.1) is 11.6 Å². The van der Waals surface area contributed by atoms with Gasteiger partial charge in [-0.05, 0) is 84.7 Å². The quantitative estimate of drug-likeness (QED) is 0.242. The number of aromatic nitrogens is 3. The first-order valence-electron chi connectivity index (χ1n) is 13.2. The normalized spacial score (nSPS) is 14.1. The molecule has 1 aliphatic carbocycles. The Labute approximate surface area is 225 Å². The molecular formula is C31H37N5S. The number of fused-ring (bicyclic) bond motifs is 1. The summed E-state index contributed by atoms with van der Waals surface area (Å²) in [5.41, 5.74) is 17.6. The maximum absolute atomic E-state index is 5.82. The Morgan fingerprint density at radius 1 is 1.05 bits per heavy atom. The second-order valence-electron chi connectivity index (χ2n) is 9.30. The lowest BCUT2D eigenvalue weighted by Gasteiger charge is -2.14. The lowest BCUT2D eigenvalue weighted by Crippen LogP contribution is -2.08. The van der Waals surface area contributed by atoms with Crippen molar-refractivity contribution in [3.8, 4) is 22.4 Å². The van der Waals surface area contributed by atoms with Gasteiger partial charge in [-0.1, -0.05) is 62.5 Å². The molecule has 1 atom stereocenters. The molecule has 4 aromatic rings. The fourth-order valence-electron chi connectivity index (χ4n) is 5.17. The molecule has 0 saturated heterocycles. The monoisotopic (exact) mass is 511 g/mol. The molecule has 2 aromatic heterocycles. The summed E-state index contributed by atoms with van der Waals surface area (Å²) >= 11 is 5.52. The van der Waals surface area contributed by atoms with Crippen molar-refractivity contribution in [2.75, 3.05) is 7.05 Å². The molecule has 5 nitrogen and oxygen atoms in total. The van der Waals surface area contributed by atoms with E-state index in [4.69, 9.17) is 22.9 Å². The van der Waals surface area contributed by atoms with Crippen molar-refractivity contribution in [1.82, 2.24) is 20.3 Å². The Morgan fingerprint density at radius 2 is 1.84 bits per heavy atom. The summed E-state index contributed by atoms with van der Waals surface area (Å²) in [6, 6.07) is 17.6. The van der Waals surface area contributed by atoms with Crippen LogP contribution in [0.15, 0.2) is 60.9 Å². The molecule has 192 valence electrons. The number of aromatic amines is 1. The van der Waals surface area contributed by atoms with Crippen LogP contribution in [0.3, 0.4) is 0 Å². The molecule has 2 heterocycles. The van der Waals surface area contributed by atoms with Gasteiger partial charge in [0.2, 0.25) is 0 Å². The number of hydrogen-bond donors (Lipinski definition) is 3. The smallest absolute Gasteiger partial charge is 0.126 e. The number of rotatable bonds is 7. The Balaban J connectivity index is 0.00000156. The first kappa shape index (κ1) is 26.9. The zero-order chi connectivity index (χ0) is 26.4. The van der Waals surface area contributed by atoms with Crippen molar-refractivity contribution in [3.63, 3.8) is 0 Å². The zero-order valence-corrected chi connectivity index (χ0v) is 23.1. The minimum Gasteiger partial charge on any atom is -0.343 e. The highest BCUT2D eigenvalue weighted by molar-refractivity contribution is 7.71. The summed E-state index contributed by atoms with van der Waals surface area (Å²) in [6.45, 7) is 7.31. The number of benzene rings is 2. The van der Waals surface area contributed by atoms with Gasteiger partial charge < -0.3 is 16.0 Å². The van der Waals surface area contributed by atoms with E-state index >= 15 is 0 Å². The van der Waals surface area contributed by atoms with Gasteiger partial charge in [0.05, 0.1) is 17.6 Å². The van der Waals surface area contributed by atoms with E-state index < -0.39 is 0 Å². The van der Waals surface area contributed by atoms with E-state index in [1.807, 2.05) is 33.3 Å². The van der Waals surface area contributed by atoms with Crippen LogP contribution < -0.4 is 11.1 Å². The van der Waals surface area contributed by atoms with Gasteiger partial charge in [0.1, 0.15) is 4.64 Å². The van der Waals surface area contributed by atoms with Gasteiger partial charge in [-0.2, -0.15) is 0 Å². The molecule has 37 heavy (non-hydrogen) atoms. The maximum atomic E-state index is 5.82. The van der Waals surface area contributed by atoms with E-state index in [1.54, 1.807) is 0 Å². The Hall–Kier alpha value is -3.19. The third-order valence-corrected chi connectivity index (χ3v) is 7.37. The maximum Gasteiger partial charge on any atom is 0.126 e. The summed E-state index contributed by atoms with van der Waals surface area (Å²) in [6.07, 6.45) is 7.01. The SMILES string of the molecule is CC.CNCc1ncc(-c2cccc(-c3cccc4c3CCC4Cc3cc(C)c(CN)cn3)c2)[nH]c1=S. The van der Waals surface area contributed by atoms with Crippen molar-refractivity contribution in [1.29, 1.82) is 0 Å². The fraction of sp³-hybridized carbons (Fsp3) is 0.323. The Morgan fingerprint density at radius 3 is 2.57 bits per heavy atom. The van der Waals surface area contributed by atoms with Gasteiger partial charge in [-0.25, -0.2) is 0 Å². The highest BCUT2D eigenvalue weighted by Crippen LogP contribution is 2.41. The van der Waals surface area contributed by atoms with E-state index in [-0.39, 0.29) is 0 Å². The van der Waals surface area contributed by atoms with Crippen molar-refractivity contribution < 1.29 is 0 Å². The number of nitrogens with two attached hydrogens (primary N) is 1. The molecular weight excluding hydrogens is 474 g/mol. The van der Waals surface area contributed by atoms with Crippen LogP contribution >= 0.6 is 12.2 Å². The second-order valence-corrected chi connectivity index (χ2v) is 9.71. The van der Waals surface area contributed by atoms with Crippen LogP contribution in [0.1, 0.15) is 59.8 Å². The first-order valence-corrected chi connectivity index (χ1v) is 13.6. The molecule has 1 aliphatic rings. The fourth-order valence-corrected chi connectivity index (χ4v) is 5.40. The molecule has 4 N–H and O–H groups in total. The summed E-state index contributed by atoms with van der Waals surface area (Å²) < 4.78 is 0.675. The predicted octanol–water partition coefficient (Wildman–Crippen LogP) is 6.65. The van der Waals surface area contributed by atoms with Crippen LogP contribution in [-0.2, 0) is 25.9 Å². The van der Waals surface area contributed by atoms with Crippen LogP contribution in [0.5, 0.6) is 0 Å². The molecule has 0 radical (unpaired) electrons. The van der Waals surface area contributed by atoms with E-state index in [1.165, 1.54) is 27.8 Å². The molecule has 0 saturated carbocycles. The van der Waals surface area contributed by atoms with Crippen molar-refractivity contribution >= 4 is 12.2 Å². The number of hydrogen-bond acceptors (Lipinski definition) is 5. The van der Waals surface area contributed by atoms with Crippen molar-refractivity contribution in [2.45, 2.75) is 59.0 Å². The number of aryl methyl sites for hydroxylation is 1. The third kappa shape index (κ3) is 5.87. The molecule has 0 aliphatic heterocycles. The Bertz CT molecular complexity index is 1430.